The summed E-state index contributed by atoms with van der Waals surface area (Å²) in [5.74, 6) is 0. The summed E-state index contributed by atoms with van der Waals surface area (Å²) in [5, 5.41) is 5.05. The highest BCUT2D eigenvalue weighted by Gasteiger charge is 2.12. The number of halogens is 1. The highest BCUT2D eigenvalue weighted by atomic mass is 35.5. The van der Waals surface area contributed by atoms with E-state index in [1.54, 1.807) is 0 Å². The monoisotopic (exact) mass is 230 g/mol. The molecule has 0 atom stereocenters. The van der Waals surface area contributed by atoms with E-state index >= 15 is 0 Å². The van der Waals surface area contributed by atoms with Crippen molar-refractivity contribution < 1.29 is 0 Å². The molecule has 2 N–H and O–H groups in total. The van der Waals surface area contributed by atoms with Gasteiger partial charge in [0.25, 0.3) is 0 Å². The van der Waals surface area contributed by atoms with Gasteiger partial charge in [0.05, 0.1) is 16.4 Å². The van der Waals surface area contributed by atoms with E-state index in [2.05, 4.69) is 17.0 Å². The van der Waals surface area contributed by atoms with Gasteiger partial charge in [-0.1, -0.05) is 11.6 Å². The van der Waals surface area contributed by atoms with Crippen LogP contribution in [0.4, 0.5) is 0 Å². The quantitative estimate of drug-likeness (QED) is 0.826. The summed E-state index contributed by atoms with van der Waals surface area (Å²) in [6, 6.07) is 0. The molecule has 4 nitrogen and oxygen atoms in total. The van der Waals surface area contributed by atoms with Crippen molar-refractivity contribution in [3.8, 4) is 0 Å². The average molecular weight is 231 g/mol. The van der Waals surface area contributed by atoms with Gasteiger partial charge in [0.2, 0.25) is 0 Å². The minimum atomic E-state index is 0.725. The maximum atomic E-state index is 6.16. The first kappa shape index (κ1) is 12.5. The number of hydrogen-bond donors (Lipinski definition) is 1. The fraction of sp³-hybridized carbons (Fsp3) is 0.700. The van der Waals surface area contributed by atoms with Crippen LogP contribution in [-0.4, -0.2) is 34.8 Å². The van der Waals surface area contributed by atoms with Crippen LogP contribution in [0.25, 0.3) is 0 Å². The summed E-state index contributed by atoms with van der Waals surface area (Å²) < 4.78 is 1.84. The molecule has 0 bridgehead atoms. The Morgan fingerprint density at radius 3 is 2.67 bits per heavy atom. The van der Waals surface area contributed by atoms with Crippen molar-refractivity contribution >= 4 is 11.6 Å². The van der Waals surface area contributed by atoms with Gasteiger partial charge in [-0.25, -0.2) is 0 Å². The fourth-order valence-electron chi connectivity index (χ4n) is 1.55. The highest BCUT2D eigenvalue weighted by Crippen LogP contribution is 2.20. The molecular formula is C10H19ClN4. The molecule has 0 saturated carbocycles. The number of aromatic nitrogens is 2. The fourth-order valence-corrected chi connectivity index (χ4v) is 1.77. The SMILES string of the molecule is Cc1nn(C)c(CN(C)CCCN)c1Cl. The lowest BCUT2D eigenvalue weighted by Gasteiger charge is -2.16. The van der Waals surface area contributed by atoms with Crippen molar-refractivity contribution in [2.75, 3.05) is 20.1 Å². The minimum Gasteiger partial charge on any atom is -0.330 e. The van der Waals surface area contributed by atoms with Gasteiger partial charge in [-0.05, 0) is 33.5 Å². The second-order valence-electron chi connectivity index (χ2n) is 3.85. The van der Waals surface area contributed by atoms with Crippen molar-refractivity contribution in [3.05, 3.63) is 16.4 Å². The van der Waals surface area contributed by atoms with Crippen molar-refractivity contribution in [1.82, 2.24) is 14.7 Å². The molecule has 0 saturated heterocycles. The smallest absolute Gasteiger partial charge is 0.0860 e. The molecule has 15 heavy (non-hydrogen) atoms. The summed E-state index contributed by atoms with van der Waals surface area (Å²) in [7, 11) is 3.99. The Hall–Kier alpha value is -0.580. The Labute approximate surface area is 96.0 Å². The van der Waals surface area contributed by atoms with Gasteiger partial charge in [0.1, 0.15) is 0 Å². The van der Waals surface area contributed by atoms with Gasteiger partial charge < -0.3 is 10.6 Å². The number of rotatable bonds is 5. The van der Waals surface area contributed by atoms with E-state index in [1.165, 1.54) is 0 Å². The van der Waals surface area contributed by atoms with Crippen molar-refractivity contribution in [2.45, 2.75) is 19.9 Å². The van der Waals surface area contributed by atoms with Crippen LogP contribution in [0.1, 0.15) is 17.8 Å². The molecule has 0 fully saturated rings. The van der Waals surface area contributed by atoms with E-state index in [-0.39, 0.29) is 0 Å². The summed E-state index contributed by atoms with van der Waals surface area (Å²) in [6.45, 7) is 4.45. The summed E-state index contributed by atoms with van der Waals surface area (Å²) in [6.07, 6.45) is 1.00. The third kappa shape index (κ3) is 3.19. The van der Waals surface area contributed by atoms with E-state index in [0.717, 1.165) is 42.5 Å². The highest BCUT2D eigenvalue weighted by molar-refractivity contribution is 6.31. The number of aryl methyl sites for hydroxylation is 2. The Balaban J connectivity index is 2.63. The van der Waals surface area contributed by atoms with Crippen LogP contribution in [0.5, 0.6) is 0 Å². The zero-order valence-electron chi connectivity index (χ0n) is 9.63. The Morgan fingerprint density at radius 1 is 1.53 bits per heavy atom. The standard InChI is InChI=1S/C10H19ClN4/c1-8-10(11)9(15(3)13-8)7-14(2)6-4-5-12/h4-7,12H2,1-3H3. The van der Waals surface area contributed by atoms with Gasteiger partial charge in [0.15, 0.2) is 0 Å². The Bertz CT molecular complexity index is 321. The second kappa shape index (κ2) is 5.49. The Kier molecular flexibility index (Phi) is 4.57. The topological polar surface area (TPSA) is 47.1 Å². The summed E-state index contributed by atoms with van der Waals surface area (Å²) in [4.78, 5) is 2.20. The molecule has 0 aliphatic carbocycles. The molecule has 86 valence electrons. The lowest BCUT2D eigenvalue weighted by molar-refractivity contribution is 0.315. The molecule has 0 aliphatic heterocycles. The zero-order chi connectivity index (χ0) is 11.4. The predicted molar refractivity (Wildman–Crippen MR) is 63.0 cm³/mol. The van der Waals surface area contributed by atoms with Gasteiger partial charge in [-0.2, -0.15) is 5.10 Å². The Morgan fingerprint density at radius 2 is 2.20 bits per heavy atom. The van der Waals surface area contributed by atoms with Crippen molar-refractivity contribution in [2.24, 2.45) is 12.8 Å². The molecule has 0 aliphatic rings. The van der Waals surface area contributed by atoms with Gasteiger partial charge in [-0.3, -0.25) is 4.68 Å². The molecule has 0 unspecified atom stereocenters. The van der Waals surface area contributed by atoms with Crippen LogP contribution in [0.3, 0.4) is 0 Å². The van der Waals surface area contributed by atoms with Gasteiger partial charge in [-0.15, -0.1) is 0 Å². The maximum Gasteiger partial charge on any atom is 0.0860 e. The van der Waals surface area contributed by atoms with E-state index in [9.17, 15) is 0 Å². The molecule has 0 radical (unpaired) electrons. The van der Waals surface area contributed by atoms with Crippen LogP contribution in [0.15, 0.2) is 0 Å². The molecule has 0 amide bonds. The van der Waals surface area contributed by atoms with Crippen LogP contribution >= 0.6 is 11.6 Å². The molecular weight excluding hydrogens is 212 g/mol. The number of nitrogens with two attached hydrogens (primary N) is 1. The van der Waals surface area contributed by atoms with Crippen LogP contribution < -0.4 is 5.73 Å². The molecule has 1 aromatic rings. The second-order valence-corrected chi connectivity index (χ2v) is 4.23. The van der Waals surface area contributed by atoms with Crippen LogP contribution in [0, 0.1) is 6.92 Å². The zero-order valence-corrected chi connectivity index (χ0v) is 10.4. The summed E-state index contributed by atoms with van der Waals surface area (Å²) >= 11 is 6.16. The molecule has 0 spiro atoms. The summed E-state index contributed by atoms with van der Waals surface area (Å²) in [5.41, 5.74) is 7.42. The van der Waals surface area contributed by atoms with Crippen LogP contribution in [0.2, 0.25) is 5.02 Å². The lowest BCUT2D eigenvalue weighted by Crippen LogP contribution is -2.22. The average Bonchev–Trinajstić information content (AvgIpc) is 2.42. The third-order valence-electron chi connectivity index (χ3n) is 2.43. The molecule has 5 heteroatoms. The lowest BCUT2D eigenvalue weighted by atomic mass is 10.3. The third-order valence-corrected chi connectivity index (χ3v) is 2.92. The molecule has 0 aromatic carbocycles. The van der Waals surface area contributed by atoms with Gasteiger partial charge >= 0.3 is 0 Å². The van der Waals surface area contributed by atoms with Crippen molar-refractivity contribution in [3.63, 3.8) is 0 Å². The van der Waals surface area contributed by atoms with E-state index in [1.807, 2.05) is 18.7 Å². The molecule has 1 aromatic heterocycles. The first-order valence-corrected chi connectivity index (χ1v) is 5.50. The normalized spacial score (nSPS) is 11.3. The molecule has 1 heterocycles. The molecule has 1 rings (SSSR count). The van der Waals surface area contributed by atoms with Gasteiger partial charge in [0, 0.05) is 13.6 Å². The predicted octanol–water partition coefficient (Wildman–Crippen LogP) is 1.16. The number of hydrogen-bond acceptors (Lipinski definition) is 3. The largest absolute Gasteiger partial charge is 0.330 e. The maximum absolute atomic E-state index is 6.16. The van der Waals surface area contributed by atoms with Crippen molar-refractivity contribution in [1.29, 1.82) is 0 Å². The number of nitrogens with zero attached hydrogens (tertiary/aromatic N) is 3. The first-order valence-electron chi connectivity index (χ1n) is 5.12. The first-order chi connectivity index (χ1) is 7.06. The van der Waals surface area contributed by atoms with E-state index in [0.29, 0.717) is 0 Å². The minimum absolute atomic E-state index is 0.725. The van der Waals surface area contributed by atoms with E-state index in [4.69, 9.17) is 17.3 Å². The van der Waals surface area contributed by atoms with Crippen LogP contribution in [-0.2, 0) is 13.6 Å². The van der Waals surface area contributed by atoms with E-state index < -0.39 is 0 Å².